The van der Waals surface area contributed by atoms with E-state index in [0.29, 0.717) is 17.2 Å². The zero-order chi connectivity index (χ0) is 16.1. The van der Waals surface area contributed by atoms with Gasteiger partial charge in [-0.15, -0.1) is 0 Å². The Kier molecular flexibility index (Phi) is 4.88. The molecular formula is C15H15FN2O4. The van der Waals surface area contributed by atoms with Crippen LogP contribution < -0.4 is 0 Å². The Morgan fingerprint density at radius 3 is 2.77 bits per heavy atom. The van der Waals surface area contributed by atoms with Gasteiger partial charge in [0.1, 0.15) is 12.4 Å². The Morgan fingerprint density at radius 2 is 2.09 bits per heavy atom. The molecule has 7 heteroatoms. The van der Waals surface area contributed by atoms with E-state index in [9.17, 15) is 14.0 Å². The summed E-state index contributed by atoms with van der Waals surface area (Å²) in [4.78, 5) is 27.4. The van der Waals surface area contributed by atoms with Gasteiger partial charge >= 0.3 is 5.97 Å². The molecule has 0 fully saturated rings. The third-order valence-corrected chi connectivity index (χ3v) is 3.04. The molecule has 0 atom stereocenters. The molecule has 0 aliphatic rings. The zero-order valence-electron chi connectivity index (χ0n) is 12.0. The van der Waals surface area contributed by atoms with Gasteiger partial charge in [-0.05, 0) is 12.1 Å². The zero-order valence-corrected chi connectivity index (χ0v) is 12.0. The molecule has 0 aliphatic carbocycles. The average molecular weight is 306 g/mol. The summed E-state index contributed by atoms with van der Waals surface area (Å²) in [5.41, 5.74) is 0.301. The summed E-state index contributed by atoms with van der Waals surface area (Å²) in [6.07, 6.45) is 1.69. The number of oxazole rings is 1. The fraction of sp³-hybridized carbons (Fsp3) is 0.267. The standard InChI is InChI=1S/C15H15FN2O4/c1-18(9-15(20)21)14(19)7-6-13-17-8-12(22-13)10-4-2-3-5-11(10)16/h2-5,8H,6-7,9H2,1H3,(H,20,21). The maximum Gasteiger partial charge on any atom is 0.323 e. The van der Waals surface area contributed by atoms with E-state index in [4.69, 9.17) is 9.52 Å². The number of hydrogen-bond donors (Lipinski definition) is 1. The highest BCUT2D eigenvalue weighted by Crippen LogP contribution is 2.23. The molecule has 22 heavy (non-hydrogen) atoms. The molecule has 1 N–H and O–H groups in total. The molecule has 0 saturated heterocycles. The van der Waals surface area contributed by atoms with Crippen molar-refractivity contribution in [3.8, 4) is 11.3 Å². The molecule has 0 aliphatic heterocycles. The van der Waals surface area contributed by atoms with E-state index in [1.54, 1.807) is 18.2 Å². The van der Waals surface area contributed by atoms with Crippen molar-refractivity contribution >= 4 is 11.9 Å². The fourth-order valence-electron chi connectivity index (χ4n) is 1.91. The van der Waals surface area contributed by atoms with Gasteiger partial charge in [-0.3, -0.25) is 9.59 Å². The summed E-state index contributed by atoms with van der Waals surface area (Å²) < 4.78 is 19.0. The molecule has 0 saturated carbocycles. The lowest BCUT2D eigenvalue weighted by molar-refractivity contribution is -0.143. The molecule has 6 nitrogen and oxygen atoms in total. The van der Waals surface area contributed by atoms with E-state index < -0.39 is 11.8 Å². The Hall–Kier alpha value is -2.70. The quantitative estimate of drug-likeness (QED) is 0.882. The van der Waals surface area contributed by atoms with Gasteiger partial charge in [-0.2, -0.15) is 0 Å². The average Bonchev–Trinajstić information content (AvgIpc) is 2.93. The molecule has 2 aromatic rings. The van der Waals surface area contributed by atoms with Gasteiger partial charge in [0.05, 0.1) is 11.8 Å². The first-order valence-corrected chi connectivity index (χ1v) is 6.62. The Bertz CT molecular complexity index is 684. The molecular weight excluding hydrogens is 291 g/mol. The summed E-state index contributed by atoms with van der Waals surface area (Å²) in [7, 11) is 1.41. The van der Waals surface area contributed by atoms with Gasteiger partial charge in [0, 0.05) is 19.9 Å². The number of carbonyl (C=O) groups is 2. The number of aryl methyl sites for hydroxylation is 1. The van der Waals surface area contributed by atoms with Crippen molar-refractivity contribution in [2.24, 2.45) is 0 Å². The van der Waals surface area contributed by atoms with Crippen LogP contribution in [0.2, 0.25) is 0 Å². The molecule has 1 aromatic heterocycles. The van der Waals surface area contributed by atoms with E-state index in [1.807, 2.05) is 0 Å². The van der Waals surface area contributed by atoms with Crippen LogP contribution in [0.3, 0.4) is 0 Å². The van der Waals surface area contributed by atoms with Crippen LogP contribution in [-0.2, 0) is 16.0 Å². The monoisotopic (exact) mass is 306 g/mol. The maximum atomic E-state index is 13.6. The van der Waals surface area contributed by atoms with E-state index in [2.05, 4.69) is 4.98 Å². The highest BCUT2D eigenvalue weighted by molar-refractivity contribution is 5.81. The second-order valence-electron chi connectivity index (χ2n) is 4.74. The molecule has 0 unspecified atom stereocenters. The number of carbonyl (C=O) groups excluding carboxylic acids is 1. The number of carboxylic acid groups (broad SMARTS) is 1. The van der Waals surface area contributed by atoms with Crippen molar-refractivity contribution in [3.63, 3.8) is 0 Å². The lowest BCUT2D eigenvalue weighted by atomic mass is 10.2. The summed E-state index contributed by atoms with van der Waals surface area (Å²) in [6.45, 7) is -0.356. The lowest BCUT2D eigenvalue weighted by Gasteiger charge is -2.13. The Balaban J connectivity index is 1.97. The van der Waals surface area contributed by atoms with Gasteiger partial charge in [0.2, 0.25) is 5.91 Å². The second kappa shape index (κ2) is 6.84. The van der Waals surface area contributed by atoms with E-state index in [1.165, 1.54) is 19.3 Å². The van der Waals surface area contributed by atoms with Crippen LogP contribution in [0.1, 0.15) is 12.3 Å². The summed E-state index contributed by atoms with van der Waals surface area (Å²) in [5.74, 6) is -1.22. The molecule has 1 amide bonds. The van der Waals surface area contributed by atoms with Crippen molar-refractivity contribution in [2.75, 3.05) is 13.6 Å². The predicted molar refractivity (Wildman–Crippen MR) is 75.5 cm³/mol. The number of carboxylic acids is 1. The van der Waals surface area contributed by atoms with Crippen LogP contribution in [-0.4, -0.2) is 40.5 Å². The Morgan fingerprint density at radius 1 is 1.36 bits per heavy atom. The van der Waals surface area contributed by atoms with Crippen molar-refractivity contribution in [3.05, 3.63) is 42.2 Å². The van der Waals surface area contributed by atoms with Crippen LogP contribution >= 0.6 is 0 Å². The predicted octanol–water partition coefficient (Wildman–Crippen LogP) is 1.96. The number of likely N-dealkylation sites (N-methyl/N-ethyl adjacent to an activating group) is 1. The third kappa shape index (κ3) is 3.91. The van der Waals surface area contributed by atoms with E-state index >= 15 is 0 Å². The smallest absolute Gasteiger partial charge is 0.323 e. The fourth-order valence-corrected chi connectivity index (χ4v) is 1.91. The number of benzene rings is 1. The number of rotatable bonds is 6. The first-order chi connectivity index (χ1) is 10.5. The van der Waals surface area contributed by atoms with E-state index in [-0.39, 0.29) is 25.3 Å². The number of halogens is 1. The summed E-state index contributed by atoms with van der Waals surface area (Å²) in [5, 5.41) is 8.61. The Labute approximate surface area is 126 Å². The summed E-state index contributed by atoms with van der Waals surface area (Å²) in [6, 6.07) is 6.16. The highest BCUT2D eigenvalue weighted by Gasteiger charge is 2.15. The SMILES string of the molecule is CN(CC(=O)O)C(=O)CCc1ncc(-c2ccccc2F)o1. The van der Waals surface area contributed by atoms with Gasteiger partial charge in [0.15, 0.2) is 11.7 Å². The number of aliphatic carboxylic acids is 1. The molecule has 1 heterocycles. The largest absolute Gasteiger partial charge is 0.480 e. The van der Waals surface area contributed by atoms with Crippen LogP contribution in [0.25, 0.3) is 11.3 Å². The molecule has 1 aromatic carbocycles. The minimum Gasteiger partial charge on any atom is -0.480 e. The van der Waals surface area contributed by atoms with E-state index in [0.717, 1.165) is 4.90 Å². The topological polar surface area (TPSA) is 83.6 Å². The van der Waals surface area contributed by atoms with Crippen molar-refractivity contribution < 1.29 is 23.5 Å². The molecule has 2 rings (SSSR count). The van der Waals surface area contributed by atoms with Crippen LogP contribution in [0.15, 0.2) is 34.9 Å². The van der Waals surface area contributed by atoms with Crippen LogP contribution in [0.4, 0.5) is 4.39 Å². The number of aromatic nitrogens is 1. The normalized spacial score (nSPS) is 10.5. The maximum absolute atomic E-state index is 13.6. The third-order valence-electron chi connectivity index (χ3n) is 3.04. The summed E-state index contributed by atoms with van der Waals surface area (Å²) >= 11 is 0. The molecule has 0 spiro atoms. The van der Waals surface area contributed by atoms with Crippen LogP contribution in [0.5, 0.6) is 0 Å². The minimum atomic E-state index is -1.08. The lowest BCUT2D eigenvalue weighted by Crippen LogP contribution is -2.32. The molecule has 0 bridgehead atoms. The number of hydrogen-bond acceptors (Lipinski definition) is 4. The number of nitrogens with zero attached hydrogens (tertiary/aromatic N) is 2. The van der Waals surface area contributed by atoms with Gasteiger partial charge in [-0.1, -0.05) is 12.1 Å². The van der Waals surface area contributed by atoms with Crippen molar-refractivity contribution in [2.45, 2.75) is 12.8 Å². The van der Waals surface area contributed by atoms with Crippen LogP contribution in [0, 0.1) is 5.82 Å². The highest BCUT2D eigenvalue weighted by atomic mass is 19.1. The van der Waals surface area contributed by atoms with Crippen molar-refractivity contribution in [1.29, 1.82) is 0 Å². The van der Waals surface area contributed by atoms with Gasteiger partial charge in [-0.25, -0.2) is 9.37 Å². The second-order valence-corrected chi connectivity index (χ2v) is 4.74. The first-order valence-electron chi connectivity index (χ1n) is 6.62. The first kappa shape index (κ1) is 15.7. The molecule has 116 valence electrons. The van der Waals surface area contributed by atoms with Crippen molar-refractivity contribution in [1.82, 2.24) is 9.88 Å². The minimum absolute atomic E-state index is 0.0704. The van der Waals surface area contributed by atoms with Gasteiger partial charge < -0.3 is 14.4 Å². The van der Waals surface area contributed by atoms with Gasteiger partial charge in [0.25, 0.3) is 0 Å². The molecule has 0 radical (unpaired) electrons. The number of amides is 1.